The van der Waals surface area contributed by atoms with Crippen LogP contribution in [0.4, 0.5) is 0 Å². The van der Waals surface area contributed by atoms with Gasteiger partial charge in [-0.05, 0) is 46.6 Å². The second kappa shape index (κ2) is 8.38. The number of methoxy groups -OCH3 is 2. The number of unbranched alkanes of at least 4 members (excludes halogenated alkanes) is 2. The summed E-state index contributed by atoms with van der Waals surface area (Å²) in [4.78, 5) is 0. The van der Waals surface area contributed by atoms with Crippen molar-refractivity contribution in [2.75, 3.05) is 20.8 Å². The standard InChI is InChI=1S/C14H22BrNO2/c1-4-5-6-7-16-10-11-8-12(15)14(18-3)13(9-11)17-2/h8-9,16H,4-7,10H2,1-3H3. The maximum absolute atomic E-state index is 5.32. The first kappa shape index (κ1) is 15.3. The smallest absolute Gasteiger partial charge is 0.174 e. The zero-order chi connectivity index (χ0) is 13.4. The molecule has 0 radical (unpaired) electrons. The molecule has 102 valence electrons. The molecule has 0 aliphatic heterocycles. The SMILES string of the molecule is CCCCCNCc1cc(Br)c(OC)c(OC)c1. The van der Waals surface area contributed by atoms with Crippen molar-refractivity contribution in [3.63, 3.8) is 0 Å². The van der Waals surface area contributed by atoms with Crippen LogP contribution in [0.3, 0.4) is 0 Å². The van der Waals surface area contributed by atoms with Gasteiger partial charge in [-0.25, -0.2) is 0 Å². The predicted molar refractivity (Wildman–Crippen MR) is 78.5 cm³/mol. The van der Waals surface area contributed by atoms with E-state index in [0.717, 1.165) is 29.1 Å². The summed E-state index contributed by atoms with van der Waals surface area (Å²) in [6, 6.07) is 4.07. The molecule has 1 aromatic rings. The number of hydrogen-bond acceptors (Lipinski definition) is 3. The molecule has 3 nitrogen and oxygen atoms in total. The van der Waals surface area contributed by atoms with Gasteiger partial charge in [0, 0.05) is 6.54 Å². The maximum Gasteiger partial charge on any atom is 0.174 e. The molecule has 0 aliphatic carbocycles. The molecule has 4 heteroatoms. The lowest BCUT2D eigenvalue weighted by Gasteiger charge is -2.12. The van der Waals surface area contributed by atoms with E-state index in [1.54, 1.807) is 14.2 Å². The Balaban J connectivity index is 2.58. The molecule has 18 heavy (non-hydrogen) atoms. The summed E-state index contributed by atoms with van der Waals surface area (Å²) in [7, 11) is 3.30. The van der Waals surface area contributed by atoms with E-state index in [-0.39, 0.29) is 0 Å². The predicted octanol–water partition coefficient (Wildman–Crippen LogP) is 3.75. The summed E-state index contributed by atoms with van der Waals surface area (Å²) in [5.41, 5.74) is 1.19. The molecule has 0 atom stereocenters. The van der Waals surface area contributed by atoms with Gasteiger partial charge in [0.25, 0.3) is 0 Å². The molecule has 0 unspecified atom stereocenters. The fourth-order valence-corrected chi connectivity index (χ4v) is 2.46. The number of nitrogens with one attached hydrogen (secondary N) is 1. The van der Waals surface area contributed by atoms with Crippen LogP contribution in [-0.4, -0.2) is 20.8 Å². The van der Waals surface area contributed by atoms with E-state index in [4.69, 9.17) is 9.47 Å². The fourth-order valence-electron chi connectivity index (χ4n) is 1.81. The topological polar surface area (TPSA) is 30.5 Å². The van der Waals surface area contributed by atoms with Crippen LogP contribution >= 0.6 is 15.9 Å². The highest BCUT2D eigenvalue weighted by Crippen LogP contribution is 2.36. The third-order valence-corrected chi connectivity index (χ3v) is 3.37. The maximum atomic E-state index is 5.32. The Kier molecular flexibility index (Phi) is 7.13. The van der Waals surface area contributed by atoms with Crippen LogP contribution in [0.1, 0.15) is 31.7 Å². The Bertz CT molecular complexity index is 369. The first-order valence-electron chi connectivity index (χ1n) is 6.34. The van der Waals surface area contributed by atoms with Crippen LogP contribution in [0.2, 0.25) is 0 Å². The summed E-state index contributed by atoms with van der Waals surface area (Å²) >= 11 is 3.50. The second-order valence-corrected chi connectivity index (χ2v) is 5.05. The van der Waals surface area contributed by atoms with Gasteiger partial charge in [0.05, 0.1) is 18.7 Å². The van der Waals surface area contributed by atoms with Crippen LogP contribution in [0.25, 0.3) is 0 Å². The van der Waals surface area contributed by atoms with Gasteiger partial charge < -0.3 is 14.8 Å². The third-order valence-electron chi connectivity index (χ3n) is 2.78. The molecule has 0 bridgehead atoms. The molecule has 0 fully saturated rings. The Morgan fingerprint density at radius 2 is 1.94 bits per heavy atom. The number of halogens is 1. The summed E-state index contributed by atoms with van der Waals surface area (Å²) in [6.07, 6.45) is 3.76. The molecule has 1 rings (SSSR count). The van der Waals surface area contributed by atoms with Gasteiger partial charge in [-0.1, -0.05) is 19.8 Å². The molecule has 1 N–H and O–H groups in total. The molecular formula is C14H22BrNO2. The highest BCUT2D eigenvalue weighted by molar-refractivity contribution is 9.10. The Hall–Kier alpha value is -0.740. The van der Waals surface area contributed by atoms with Crippen LogP contribution in [-0.2, 0) is 6.54 Å². The van der Waals surface area contributed by atoms with E-state index >= 15 is 0 Å². The van der Waals surface area contributed by atoms with E-state index in [0.29, 0.717) is 0 Å². The molecule has 0 saturated carbocycles. The number of rotatable bonds is 8. The summed E-state index contributed by atoms with van der Waals surface area (Å²) in [5, 5.41) is 3.44. The summed E-state index contributed by atoms with van der Waals surface area (Å²) in [5.74, 6) is 1.50. The first-order chi connectivity index (χ1) is 8.72. The summed E-state index contributed by atoms with van der Waals surface area (Å²) < 4.78 is 11.5. The molecule has 1 aromatic carbocycles. The lowest BCUT2D eigenvalue weighted by Crippen LogP contribution is -2.14. The van der Waals surface area contributed by atoms with Crippen molar-refractivity contribution in [2.45, 2.75) is 32.7 Å². The quantitative estimate of drug-likeness (QED) is 0.741. The van der Waals surface area contributed by atoms with Crippen molar-refractivity contribution in [1.82, 2.24) is 5.32 Å². The van der Waals surface area contributed by atoms with Gasteiger partial charge in [0.1, 0.15) is 0 Å². The van der Waals surface area contributed by atoms with Gasteiger partial charge in [-0.3, -0.25) is 0 Å². The lowest BCUT2D eigenvalue weighted by molar-refractivity contribution is 0.352. The minimum absolute atomic E-state index is 0.743. The molecular weight excluding hydrogens is 294 g/mol. The molecule has 0 amide bonds. The van der Waals surface area contributed by atoms with E-state index in [2.05, 4.69) is 34.2 Å². The van der Waals surface area contributed by atoms with Crippen molar-refractivity contribution in [3.05, 3.63) is 22.2 Å². The molecule has 0 heterocycles. The van der Waals surface area contributed by atoms with Gasteiger partial charge in [0.2, 0.25) is 0 Å². The second-order valence-electron chi connectivity index (χ2n) is 4.20. The summed E-state index contributed by atoms with van der Waals surface area (Å²) in [6.45, 7) is 4.12. The van der Waals surface area contributed by atoms with Crippen molar-refractivity contribution in [1.29, 1.82) is 0 Å². The van der Waals surface area contributed by atoms with Gasteiger partial charge >= 0.3 is 0 Å². The normalized spacial score (nSPS) is 10.4. The number of benzene rings is 1. The Labute approximate surface area is 118 Å². The highest BCUT2D eigenvalue weighted by atomic mass is 79.9. The average Bonchev–Trinajstić information content (AvgIpc) is 2.37. The van der Waals surface area contributed by atoms with Gasteiger partial charge in [-0.2, -0.15) is 0 Å². The van der Waals surface area contributed by atoms with E-state index < -0.39 is 0 Å². The largest absolute Gasteiger partial charge is 0.493 e. The molecule has 0 spiro atoms. The fraction of sp³-hybridized carbons (Fsp3) is 0.571. The van der Waals surface area contributed by atoms with E-state index in [9.17, 15) is 0 Å². The Morgan fingerprint density at radius 3 is 2.56 bits per heavy atom. The highest BCUT2D eigenvalue weighted by Gasteiger charge is 2.09. The Morgan fingerprint density at radius 1 is 1.17 bits per heavy atom. The molecule has 0 aromatic heterocycles. The van der Waals surface area contributed by atoms with Crippen LogP contribution < -0.4 is 14.8 Å². The zero-order valence-electron chi connectivity index (χ0n) is 11.4. The van der Waals surface area contributed by atoms with Gasteiger partial charge in [0.15, 0.2) is 11.5 Å². The van der Waals surface area contributed by atoms with Crippen molar-refractivity contribution in [2.24, 2.45) is 0 Å². The van der Waals surface area contributed by atoms with Crippen molar-refractivity contribution >= 4 is 15.9 Å². The minimum atomic E-state index is 0.743. The lowest BCUT2D eigenvalue weighted by atomic mass is 10.2. The van der Waals surface area contributed by atoms with Crippen LogP contribution in [0.5, 0.6) is 11.5 Å². The van der Waals surface area contributed by atoms with Crippen LogP contribution in [0, 0.1) is 0 Å². The first-order valence-corrected chi connectivity index (χ1v) is 7.13. The minimum Gasteiger partial charge on any atom is -0.493 e. The van der Waals surface area contributed by atoms with Crippen LogP contribution in [0.15, 0.2) is 16.6 Å². The molecule has 0 saturated heterocycles. The van der Waals surface area contributed by atoms with Crippen molar-refractivity contribution < 1.29 is 9.47 Å². The third kappa shape index (κ3) is 4.50. The zero-order valence-corrected chi connectivity index (χ0v) is 13.0. The van der Waals surface area contributed by atoms with Crippen molar-refractivity contribution in [3.8, 4) is 11.5 Å². The average molecular weight is 316 g/mol. The van der Waals surface area contributed by atoms with E-state index in [1.165, 1.54) is 24.8 Å². The number of hydrogen-bond donors (Lipinski definition) is 1. The molecule has 0 aliphatic rings. The van der Waals surface area contributed by atoms with E-state index in [1.807, 2.05) is 6.07 Å². The van der Waals surface area contributed by atoms with Gasteiger partial charge in [-0.15, -0.1) is 0 Å². The number of ether oxygens (including phenoxy) is 2. The monoisotopic (exact) mass is 315 g/mol.